The number of benzene rings is 1. The fourth-order valence-corrected chi connectivity index (χ4v) is 1.91. The normalized spacial score (nSPS) is 12.4. The number of hydrogen-bond acceptors (Lipinski definition) is 4. The van der Waals surface area contributed by atoms with Crippen molar-refractivity contribution < 1.29 is 41.8 Å². The third-order valence-corrected chi connectivity index (χ3v) is 3.12. The molecular formula is C15H15F4NO5. The Bertz CT molecular complexity index is 660. The van der Waals surface area contributed by atoms with Gasteiger partial charge in [-0.1, -0.05) is 0 Å². The first-order valence-corrected chi connectivity index (χ1v) is 6.99. The van der Waals surface area contributed by atoms with Gasteiger partial charge < -0.3 is 15.2 Å². The zero-order valence-corrected chi connectivity index (χ0v) is 13.0. The van der Waals surface area contributed by atoms with Crippen LogP contribution in [-0.2, 0) is 9.59 Å². The molecule has 1 rings (SSSR count). The number of amides is 1. The van der Waals surface area contributed by atoms with E-state index >= 15 is 0 Å². The van der Waals surface area contributed by atoms with Gasteiger partial charge in [-0.3, -0.25) is 9.59 Å². The van der Waals surface area contributed by atoms with E-state index in [-0.39, 0.29) is 11.3 Å². The van der Waals surface area contributed by atoms with Crippen LogP contribution in [0.4, 0.5) is 17.6 Å². The number of ether oxygens (including phenoxy) is 1. The van der Waals surface area contributed by atoms with Crippen molar-refractivity contribution in [1.82, 2.24) is 5.32 Å². The first-order chi connectivity index (χ1) is 11.5. The van der Waals surface area contributed by atoms with Gasteiger partial charge in [-0.15, -0.1) is 0 Å². The first-order valence-electron chi connectivity index (χ1n) is 6.99. The number of carbonyl (C=O) groups excluding carboxylic acids is 2. The Morgan fingerprint density at radius 3 is 2.36 bits per heavy atom. The van der Waals surface area contributed by atoms with Gasteiger partial charge >= 0.3 is 12.1 Å². The molecule has 1 unspecified atom stereocenters. The van der Waals surface area contributed by atoms with E-state index in [1.807, 2.05) is 0 Å². The van der Waals surface area contributed by atoms with Crippen LogP contribution in [0.3, 0.4) is 0 Å². The lowest BCUT2D eigenvalue weighted by Gasteiger charge is -2.16. The number of halogens is 4. The monoisotopic (exact) mass is 365 g/mol. The summed E-state index contributed by atoms with van der Waals surface area (Å²) in [6, 6.07) is 1.25. The molecule has 1 aromatic rings. The average Bonchev–Trinajstić information content (AvgIpc) is 2.50. The summed E-state index contributed by atoms with van der Waals surface area (Å²) in [5.74, 6) is -4.35. The van der Waals surface area contributed by atoms with Crippen LogP contribution in [0.15, 0.2) is 18.2 Å². The van der Waals surface area contributed by atoms with Gasteiger partial charge in [0.15, 0.2) is 17.3 Å². The predicted octanol–water partition coefficient (Wildman–Crippen LogP) is 2.32. The second kappa shape index (κ2) is 8.45. The molecular weight excluding hydrogens is 350 g/mol. The molecule has 6 nitrogen and oxygen atoms in total. The van der Waals surface area contributed by atoms with Gasteiger partial charge in [0.05, 0.1) is 13.5 Å². The molecule has 0 aromatic heterocycles. The van der Waals surface area contributed by atoms with E-state index < -0.39 is 55.0 Å². The Kier molecular flexibility index (Phi) is 6.89. The Labute approximate surface area is 139 Å². The van der Waals surface area contributed by atoms with Crippen molar-refractivity contribution in [1.29, 1.82) is 0 Å². The number of methoxy groups -OCH3 is 1. The number of carboxylic acid groups (broad SMARTS) is 1. The highest BCUT2D eigenvalue weighted by Crippen LogP contribution is 2.22. The minimum Gasteiger partial charge on any atom is -0.494 e. The summed E-state index contributed by atoms with van der Waals surface area (Å²) in [5.41, 5.74) is -0.0452. The Balaban J connectivity index is 2.61. The zero-order chi connectivity index (χ0) is 19.2. The van der Waals surface area contributed by atoms with E-state index in [1.54, 1.807) is 5.32 Å². The molecule has 138 valence electrons. The van der Waals surface area contributed by atoms with Crippen molar-refractivity contribution in [2.75, 3.05) is 7.11 Å². The van der Waals surface area contributed by atoms with Crippen LogP contribution in [0.1, 0.15) is 29.6 Å². The Morgan fingerprint density at radius 2 is 1.88 bits per heavy atom. The molecule has 0 heterocycles. The largest absolute Gasteiger partial charge is 0.494 e. The molecule has 0 fully saturated rings. The van der Waals surface area contributed by atoms with E-state index in [2.05, 4.69) is 4.74 Å². The number of aliphatic carboxylic acids is 1. The standard InChI is InChI=1S/C15H15F4NO5/c1-25-12-4-2-8(6-9(12)16)11(21)3-5-13(22)20-10(14(23)24)7-15(17,18)19/h2,4,6,10H,3,5,7H2,1H3,(H,20,22)(H,23,24). The number of ketones is 1. The van der Waals surface area contributed by atoms with Crippen LogP contribution in [0, 0.1) is 5.82 Å². The predicted molar refractivity (Wildman–Crippen MR) is 76.8 cm³/mol. The SMILES string of the molecule is COc1ccc(C(=O)CCC(=O)NC(CC(F)(F)F)C(=O)O)cc1F. The summed E-state index contributed by atoms with van der Waals surface area (Å²) in [7, 11) is 1.24. The molecule has 10 heteroatoms. The van der Waals surface area contributed by atoms with Crippen molar-refractivity contribution in [3.05, 3.63) is 29.6 Å². The summed E-state index contributed by atoms with van der Waals surface area (Å²) in [5, 5.41) is 10.4. The van der Waals surface area contributed by atoms with Crippen molar-refractivity contribution in [3.8, 4) is 5.75 Å². The summed E-state index contributed by atoms with van der Waals surface area (Å²) in [4.78, 5) is 34.2. The van der Waals surface area contributed by atoms with Gasteiger partial charge in [0.2, 0.25) is 5.91 Å². The molecule has 0 aliphatic carbocycles. The summed E-state index contributed by atoms with van der Waals surface area (Å²) < 4.78 is 54.9. The van der Waals surface area contributed by atoms with Gasteiger partial charge in [-0.25, -0.2) is 9.18 Å². The highest BCUT2D eigenvalue weighted by Gasteiger charge is 2.36. The quantitative estimate of drug-likeness (QED) is 0.545. The van der Waals surface area contributed by atoms with Gasteiger partial charge in [0.1, 0.15) is 6.04 Å². The van der Waals surface area contributed by atoms with E-state index in [0.29, 0.717) is 0 Å². The number of carboxylic acids is 1. The molecule has 0 radical (unpaired) electrons. The molecule has 2 N–H and O–H groups in total. The highest BCUT2D eigenvalue weighted by atomic mass is 19.4. The topological polar surface area (TPSA) is 92.7 Å². The van der Waals surface area contributed by atoms with E-state index in [4.69, 9.17) is 5.11 Å². The van der Waals surface area contributed by atoms with Gasteiger partial charge in [0.25, 0.3) is 0 Å². The highest BCUT2D eigenvalue weighted by molar-refractivity contribution is 5.98. The van der Waals surface area contributed by atoms with Crippen molar-refractivity contribution in [2.45, 2.75) is 31.5 Å². The van der Waals surface area contributed by atoms with Gasteiger partial charge in [0, 0.05) is 18.4 Å². The molecule has 0 saturated heterocycles. The molecule has 0 bridgehead atoms. The number of nitrogens with one attached hydrogen (secondary N) is 1. The second-order valence-corrected chi connectivity index (χ2v) is 5.05. The van der Waals surface area contributed by atoms with E-state index in [0.717, 1.165) is 6.07 Å². The Hall–Kier alpha value is -2.65. The zero-order valence-electron chi connectivity index (χ0n) is 13.0. The van der Waals surface area contributed by atoms with Crippen LogP contribution in [0.2, 0.25) is 0 Å². The van der Waals surface area contributed by atoms with Gasteiger partial charge in [-0.05, 0) is 18.2 Å². The third-order valence-electron chi connectivity index (χ3n) is 3.12. The van der Waals surface area contributed by atoms with Crippen LogP contribution in [0.25, 0.3) is 0 Å². The number of alkyl halides is 3. The van der Waals surface area contributed by atoms with Crippen LogP contribution in [-0.4, -0.2) is 42.1 Å². The van der Waals surface area contributed by atoms with E-state index in [9.17, 15) is 31.9 Å². The number of rotatable bonds is 8. The first kappa shape index (κ1) is 20.4. The summed E-state index contributed by atoms with van der Waals surface area (Å²) in [6.45, 7) is 0. The third kappa shape index (κ3) is 6.77. The maximum atomic E-state index is 13.5. The second-order valence-electron chi connectivity index (χ2n) is 5.05. The number of carbonyl (C=O) groups is 3. The van der Waals surface area contributed by atoms with Crippen LogP contribution < -0.4 is 10.1 Å². The van der Waals surface area contributed by atoms with Crippen molar-refractivity contribution in [3.63, 3.8) is 0 Å². The molecule has 1 aromatic carbocycles. The fraction of sp³-hybridized carbons (Fsp3) is 0.400. The van der Waals surface area contributed by atoms with Crippen molar-refractivity contribution in [2.24, 2.45) is 0 Å². The summed E-state index contributed by atoms with van der Waals surface area (Å²) >= 11 is 0. The molecule has 0 aliphatic heterocycles. The molecule has 25 heavy (non-hydrogen) atoms. The van der Waals surface area contributed by atoms with E-state index in [1.165, 1.54) is 19.2 Å². The van der Waals surface area contributed by atoms with Crippen LogP contribution >= 0.6 is 0 Å². The summed E-state index contributed by atoms with van der Waals surface area (Å²) in [6.07, 6.45) is -7.46. The molecule has 0 spiro atoms. The molecule has 1 atom stereocenters. The lowest BCUT2D eigenvalue weighted by Crippen LogP contribution is -2.43. The van der Waals surface area contributed by atoms with Gasteiger partial charge in [-0.2, -0.15) is 13.2 Å². The maximum Gasteiger partial charge on any atom is 0.391 e. The molecule has 1 amide bonds. The molecule has 0 saturated carbocycles. The molecule has 0 aliphatic rings. The Morgan fingerprint density at radius 1 is 1.24 bits per heavy atom. The minimum atomic E-state index is -4.77. The fourth-order valence-electron chi connectivity index (χ4n) is 1.91. The number of hydrogen-bond donors (Lipinski definition) is 2. The number of Topliss-reactive ketones (excluding diaryl/α,β-unsaturated/α-hetero) is 1. The maximum absolute atomic E-state index is 13.5. The lowest BCUT2D eigenvalue weighted by atomic mass is 10.1. The van der Waals surface area contributed by atoms with Crippen LogP contribution in [0.5, 0.6) is 5.75 Å². The lowest BCUT2D eigenvalue weighted by molar-refractivity contribution is -0.160. The van der Waals surface area contributed by atoms with Crippen molar-refractivity contribution >= 4 is 17.7 Å². The minimum absolute atomic E-state index is 0.0452. The smallest absolute Gasteiger partial charge is 0.391 e. The average molecular weight is 365 g/mol.